The molecular weight excluding hydrogens is 314 g/mol. The van der Waals surface area contributed by atoms with Crippen molar-refractivity contribution in [1.29, 1.82) is 0 Å². The standard InChI is InChI=1S/C14H18ClNO4S/c1-10(14(17)16-9-11-5-4-8-20-11)21(18,19)13-7-3-2-6-12(13)15/h2-3,6-7,10-11H,4-5,8-9H2,1H3,(H,16,17). The van der Waals surface area contributed by atoms with Crippen LogP contribution in [0, 0.1) is 0 Å². The molecule has 2 atom stereocenters. The first-order valence-electron chi connectivity index (χ1n) is 6.80. The van der Waals surface area contributed by atoms with Crippen molar-refractivity contribution in [1.82, 2.24) is 5.32 Å². The van der Waals surface area contributed by atoms with Crippen molar-refractivity contribution in [2.24, 2.45) is 0 Å². The van der Waals surface area contributed by atoms with E-state index in [1.807, 2.05) is 0 Å². The zero-order valence-electron chi connectivity index (χ0n) is 11.7. The van der Waals surface area contributed by atoms with Crippen molar-refractivity contribution in [2.45, 2.75) is 36.0 Å². The smallest absolute Gasteiger partial charge is 0.238 e. The van der Waals surface area contributed by atoms with Crippen LogP contribution in [0.15, 0.2) is 29.2 Å². The monoisotopic (exact) mass is 331 g/mol. The highest BCUT2D eigenvalue weighted by Gasteiger charge is 2.31. The second-order valence-corrected chi connectivity index (χ2v) is 7.64. The lowest BCUT2D eigenvalue weighted by Gasteiger charge is -2.16. The lowest BCUT2D eigenvalue weighted by molar-refractivity contribution is -0.120. The summed E-state index contributed by atoms with van der Waals surface area (Å²) in [7, 11) is -3.80. The number of carbonyl (C=O) groups is 1. The van der Waals surface area contributed by atoms with E-state index in [0.29, 0.717) is 13.2 Å². The third-order valence-electron chi connectivity index (χ3n) is 3.51. The fourth-order valence-electron chi connectivity index (χ4n) is 2.17. The van der Waals surface area contributed by atoms with Gasteiger partial charge in [-0.25, -0.2) is 8.42 Å². The molecule has 1 fully saturated rings. The maximum Gasteiger partial charge on any atom is 0.238 e. The van der Waals surface area contributed by atoms with Gasteiger partial charge in [0.25, 0.3) is 0 Å². The van der Waals surface area contributed by atoms with Gasteiger partial charge in [0.05, 0.1) is 16.0 Å². The summed E-state index contributed by atoms with van der Waals surface area (Å²) in [6.07, 6.45) is 1.82. The lowest BCUT2D eigenvalue weighted by atomic mass is 10.2. The summed E-state index contributed by atoms with van der Waals surface area (Å²) < 4.78 is 30.2. The van der Waals surface area contributed by atoms with Gasteiger partial charge in [0, 0.05) is 13.2 Å². The Kier molecular flexibility index (Phi) is 5.24. The Labute approximate surface area is 129 Å². The fourth-order valence-corrected chi connectivity index (χ4v) is 3.98. The number of hydrogen-bond acceptors (Lipinski definition) is 4. The molecule has 0 saturated carbocycles. The molecule has 1 aliphatic rings. The van der Waals surface area contributed by atoms with E-state index in [-0.39, 0.29) is 16.0 Å². The van der Waals surface area contributed by atoms with E-state index in [9.17, 15) is 13.2 Å². The molecule has 1 saturated heterocycles. The highest BCUT2D eigenvalue weighted by Crippen LogP contribution is 2.24. The Morgan fingerprint density at radius 1 is 1.48 bits per heavy atom. The SMILES string of the molecule is CC(C(=O)NCC1CCCO1)S(=O)(=O)c1ccccc1Cl. The first kappa shape index (κ1) is 16.3. The van der Waals surface area contributed by atoms with Crippen molar-refractivity contribution in [2.75, 3.05) is 13.2 Å². The van der Waals surface area contributed by atoms with Crippen LogP contribution in [0.1, 0.15) is 19.8 Å². The molecule has 5 nitrogen and oxygen atoms in total. The quantitative estimate of drug-likeness (QED) is 0.893. The summed E-state index contributed by atoms with van der Waals surface area (Å²) in [5.74, 6) is -0.537. The predicted octanol–water partition coefficient (Wildman–Crippen LogP) is 1.80. The van der Waals surface area contributed by atoms with Crippen LogP contribution in [-0.2, 0) is 19.4 Å². The highest BCUT2D eigenvalue weighted by atomic mass is 35.5. The second-order valence-electron chi connectivity index (χ2n) is 5.00. The zero-order chi connectivity index (χ0) is 15.5. The Balaban J connectivity index is 2.05. The molecule has 1 N–H and O–H groups in total. The predicted molar refractivity (Wildman–Crippen MR) is 80.1 cm³/mol. The van der Waals surface area contributed by atoms with Gasteiger partial charge in [-0.3, -0.25) is 4.79 Å². The summed E-state index contributed by atoms with van der Waals surface area (Å²) >= 11 is 5.91. The highest BCUT2D eigenvalue weighted by molar-refractivity contribution is 7.92. The van der Waals surface area contributed by atoms with E-state index in [1.54, 1.807) is 12.1 Å². The second kappa shape index (κ2) is 6.77. The minimum atomic E-state index is -3.80. The van der Waals surface area contributed by atoms with Crippen molar-refractivity contribution >= 4 is 27.3 Å². The van der Waals surface area contributed by atoms with E-state index in [1.165, 1.54) is 19.1 Å². The molecule has 1 aliphatic heterocycles. The van der Waals surface area contributed by atoms with Gasteiger partial charge in [-0.15, -0.1) is 0 Å². The molecule has 0 aliphatic carbocycles. The lowest BCUT2D eigenvalue weighted by Crippen LogP contribution is -2.41. The Hall–Kier alpha value is -1.11. The molecule has 0 bridgehead atoms. The zero-order valence-corrected chi connectivity index (χ0v) is 13.3. The average Bonchev–Trinajstić information content (AvgIpc) is 2.97. The average molecular weight is 332 g/mol. The normalized spacial score (nSPS) is 20.2. The van der Waals surface area contributed by atoms with Gasteiger partial charge in [0.2, 0.25) is 5.91 Å². The molecule has 116 valence electrons. The van der Waals surface area contributed by atoms with E-state index >= 15 is 0 Å². The number of halogens is 1. The van der Waals surface area contributed by atoms with Crippen LogP contribution >= 0.6 is 11.6 Å². The molecule has 0 aromatic heterocycles. The third-order valence-corrected chi connectivity index (χ3v) is 6.06. The Morgan fingerprint density at radius 2 is 2.19 bits per heavy atom. The molecule has 1 aromatic rings. The summed E-state index contributed by atoms with van der Waals surface area (Å²) in [6, 6.07) is 6.12. The number of nitrogens with one attached hydrogen (secondary N) is 1. The van der Waals surface area contributed by atoms with Gasteiger partial charge in [-0.05, 0) is 31.9 Å². The van der Waals surface area contributed by atoms with Gasteiger partial charge in [-0.2, -0.15) is 0 Å². The molecule has 1 heterocycles. The largest absolute Gasteiger partial charge is 0.376 e. The van der Waals surface area contributed by atoms with Crippen LogP contribution in [-0.4, -0.2) is 38.8 Å². The van der Waals surface area contributed by atoms with Gasteiger partial charge < -0.3 is 10.1 Å². The van der Waals surface area contributed by atoms with Crippen molar-refractivity contribution in [3.8, 4) is 0 Å². The molecular formula is C14H18ClNO4S. The van der Waals surface area contributed by atoms with Gasteiger partial charge in [0.15, 0.2) is 9.84 Å². The number of hydrogen-bond donors (Lipinski definition) is 1. The minimum Gasteiger partial charge on any atom is -0.376 e. The van der Waals surface area contributed by atoms with Crippen LogP contribution in [0.5, 0.6) is 0 Å². The number of benzene rings is 1. The molecule has 1 amide bonds. The summed E-state index contributed by atoms with van der Waals surface area (Å²) in [5.41, 5.74) is 0. The summed E-state index contributed by atoms with van der Waals surface area (Å²) in [6.45, 7) is 2.39. The van der Waals surface area contributed by atoms with Crippen LogP contribution in [0.2, 0.25) is 5.02 Å². The van der Waals surface area contributed by atoms with Gasteiger partial charge in [0.1, 0.15) is 5.25 Å². The first-order valence-corrected chi connectivity index (χ1v) is 8.73. The van der Waals surface area contributed by atoms with E-state index in [2.05, 4.69) is 5.32 Å². The van der Waals surface area contributed by atoms with Crippen LogP contribution in [0.3, 0.4) is 0 Å². The summed E-state index contributed by atoms with van der Waals surface area (Å²) in [4.78, 5) is 12.0. The number of amides is 1. The maximum atomic E-state index is 12.4. The van der Waals surface area contributed by atoms with Gasteiger partial charge >= 0.3 is 0 Å². The number of rotatable bonds is 5. The third kappa shape index (κ3) is 3.75. The topological polar surface area (TPSA) is 72.5 Å². The van der Waals surface area contributed by atoms with Crippen LogP contribution in [0.25, 0.3) is 0 Å². The van der Waals surface area contributed by atoms with E-state index in [4.69, 9.17) is 16.3 Å². The number of carbonyl (C=O) groups excluding carboxylic acids is 1. The molecule has 0 radical (unpaired) electrons. The molecule has 0 spiro atoms. The van der Waals surface area contributed by atoms with E-state index < -0.39 is 21.0 Å². The molecule has 2 rings (SSSR count). The molecule has 1 aromatic carbocycles. The first-order chi connectivity index (χ1) is 9.93. The van der Waals surface area contributed by atoms with Crippen LogP contribution in [0.4, 0.5) is 0 Å². The molecule has 21 heavy (non-hydrogen) atoms. The molecule has 7 heteroatoms. The maximum absolute atomic E-state index is 12.4. The molecule has 2 unspecified atom stereocenters. The van der Waals surface area contributed by atoms with E-state index in [0.717, 1.165) is 12.8 Å². The van der Waals surface area contributed by atoms with Crippen LogP contribution < -0.4 is 5.32 Å². The number of sulfone groups is 1. The van der Waals surface area contributed by atoms with Crippen molar-refractivity contribution < 1.29 is 17.9 Å². The minimum absolute atomic E-state index is 0.0218. The fraction of sp³-hybridized carbons (Fsp3) is 0.500. The number of ether oxygens (including phenoxy) is 1. The Bertz CT molecular complexity index is 611. The summed E-state index contributed by atoms with van der Waals surface area (Å²) in [5, 5.41) is 1.56. The Morgan fingerprint density at radius 3 is 2.81 bits per heavy atom. The van der Waals surface area contributed by atoms with Crippen molar-refractivity contribution in [3.05, 3.63) is 29.3 Å². The van der Waals surface area contributed by atoms with Crippen molar-refractivity contribution in [3.63, 3.8) is 0 Å². The van der Waals surface area contributed by atoms with Gasteiger partial charge in [-0.1, -0.05) is 23.7 Å².